The Morgan fingerprint density at radius 3 is 1.50 bits per heavy atom. The van der Waals surface area contributed by atoms with Crippen LogP contribution in [0.1, 0.15) is 12.8 Å². The van der Waals surface area contributed by atoms with E-state index in [9.17, 15) is 48.0 Å². The lowest BCUT2D eigenvalue weighted by Gasteiger charge is -2.22. The molecule has 0 aromatic carbocycles. The molecule has 0 amide bonds. The summed E-state index contributed by atoms with van der Waals surface area (Å²) in [6, 6.07) is 0. The predicted molar refractivity (Wildman–Crippen MR) is 63.3 cm³/mol. The van der Waals surface area contributed by atoms with Crippen molar-refractivity contribution in [1.29, 1.82) is 0 Å². The van der Waals surface area contributed by atoms with Gasteiger partial charge in [-0.05, 0) is 6.42 Å². The van der Waals surface area contributed by atoms with Crippen LogP contribution in [0.5, 0.6) is 0 Å². The smallest absolute Gasteiger partial charge is 0.481 e. The van der Waals surface area contributed by atoms with Crippen molar-refractivity contribution in [2.24, 2.45) is 0 Å². The molecular formula is C7H7BrF6O6S2. The molecule has 1 unspecified atom stereocenters. The maximum Gasteiger partial charge on any atom is 0.498 e. The largest absolute Gasteiger partial charge is 0.498 e. The average Bonchev–Trinajstić information content (AvgIpc) is 2.20. The number of carbonyl (C=O) groups is 1. The lowest BCUT2D eigenvalue weighted by Crippen LogP contribution is -2.46. The number of carboxylic acid groups (broad SMARTS) is 1. The van der Waals surface area contributed by atoms with Gasteiger partial charge in [-0.1, -0.05) is 15.9 Å². The second-order valence-electron chi connectivity index (χ2n) is 3.84. The molecular weight excluding hydrogens is 438 g/mol. The first kappa shape index (κ1) is 21.4. The van der Waals surface area contributed by atoms with Crippen molar-refractivity contribution in [3.63, 3.8) is 0 Å². The molecule has 0 aliphatic heterocycles. The van der Waals surface area contributed by atoms with Crippen molar-refractivity contribution >= 4 is 41.6 Å². The maximum absolute atomic E-state index is 12.4. The maximum atomic E-state index is 12.4. The Hall–Kier alpha value is -0.570. The van der Waals surface area contributed by atoms with Crippen LogP contribution in [0.4, 0.5) is 26.3 Å². The van der Waals surface area contributed by atoms with Crippen LogP contribution < -0.4 is 0 Å². The molecule has 0 radical (unpaired) electrons. The van der Waals surface area contributed by atoms with Gasteiger partial charge in [-0.15, -0.1) is 0 Å². The third kappa shape index (κ3) is 4.71. The number of aliphatic carboxylic acids is 1. The summed E-state index contributed by atoms with van der Waals surface area (Å²) in [5.74, 6) is -1.69. The van der Waals surface area contributed by atoms with Crippen LogP contribution in [0, 0.1) is 0 Å². The molecule has 0 saturated carbocycles. The highest BCUT2D eigenvalue weighted by atomic mass is 79.9. The second-order valence-corrected chi connectivity index (χ2v) is 9.68. The molecule has 1 N–H and O–H groups in total. The van der Waals surface area contributed by atoms with Gasteiger partial charge in [0, 0.05) is 4.83 Å². The fourth-order valence-electron chi connectivity index (χ4n) is 1.20. The molecule has 0 aliphatic rings. The Labute approximate surface area is 128 Å². The van der Waals surface area contributed by atoms with Crippen molar-refractivity contribution in [2.45, 2.75) is 33.3 Å². The Bertz CT molecular complexity index is 577. The van der Waals surface area contributed by atoms with Crippen LogP contribution in [-0.2, 0) is 24.5 Å². The van der Waals surface area contributed by atoms with Gasteiger partial charge in [0.05, 0.1) is 6.42 Å². The third-order valence-electron chi connectivity index (χ3n) is 2.18. The van der Waals surface area contributed by atoms with Gasteiger partial charge in [0.2, 0.25) is 0 Å². The van der Waals surface area contributed by atoms with Crippen molar-refractivity contribution in [1.82, 2.24) is 0 Å². The Morgan fingerprint density at radius 1 is 0.955 bits per heavy atom. The van der Waals surface area contributed by atoms with E-state index in [4.69, 9.17) is 5.11 Å². The van der Waals surface area contributed by atoms with Gasteiger partial charge in [-0.2, -0.15) is 26.3 Å². The zero-order chi connectivity index (χ0) is 18.1. The van der Waals surface area contributed by atoms with Gasteiger partial charge in [0.1, 0.15) is 0 Å². The summed E-state index contributed by atoms with van der Waals surface area (Å²) in [4.78, 5) is 8.56. The summed E-state index contributed by atoms with van der Waals surface area (Å²) < 4.78 is 115. The first-order valence-electron chi connectivity index (χ1n) is 4.90. The molecule has 0 bridgehead atoms. The molecule has 0 rings (SSSR count). The first-order chi connectivity index (χ1) is 9.44. The fourth-order valence-corrected chi connectivity index (χ4v) is 5.90. The van der Waals surface area contributed by atoms with Gasteiger partial charge < -0.3 is 5.11 Å². The molecule has 0 saturated heterocycles. The Kier molecular flexibility index (Phi) is 6.34. The SMILES string of the molecule is O=C(O)CC(Br)CC(S(=O)(=O)C(F)(F)F)S(=O)(=O)C(F)(F)F. The van der Waals surface area contributed by atoms with Crippen LogP contribution in [0.2, 0.25) is 0 Å². The van der Waals surface area contributed by atoms with E-state index in [0.29, 0.717) is 0 Å². The number of rotatable bonds is 6. The lowest BCUT2D eigenvalue weighted by molar-refractivity contribution is -0.136. The van der Waals surface area contributed by atoms with Crippen LogP contribution >= 0.6 is 15.9 Å². The average molecular weight is 445 g/mol. The van der Waals surface area contributed by atoms with E-state index in [1.54, 1.807) is 0 Å². The highest BCUT2D eigenvalue weighted by Gasteiger charge is 2.62. The highest BCUT2D eigenvalue weighted by Crippen LogP contribution is 2.39. The number of halogens is 7. The molecule has 6 nitrogen and oxygen atoms in total. The summed E-state index contributed by atoms with van der Waals surface area (Å²) in [6.07, 6.45) is -2.83. The summed E-state index contributed by atoms with van der Waals surface area (Å²) in [7, 11) is -13.5. The summed E-state index contributed by atoms with van der Waals surface area (Å²) in [5.41, 5.74) is -12.5. The molecule has 0 aromatic rings. The number of hydrogen-bond acceptors (Lipinski definition) is 5. The molecule has 15 heteroatoms. The molecule has 0 heterocycles. The van der Waals surface area contributed by atoms with Crippen LogP contribution in [0.25, 0.3) is 0 Å². The molecule has 0 spiro atoms. The van der Waals surface area contributed by atoms with Crippen molar-refractivity contribution in [2.75, 3.05) is 0 Å². The highest BCUT2D eigenvalue weighted by molar-refractivity contribution is 9.09. The van der Waals surface area contributed by atoms with E-state index in [1.165, 1.54) is 0 Å². The van der Waals surface area contributed by atoms with E-state index in [0.717, 1.165) is 0 Å². The molecule has 0 aromatic heterocycles. The molecule has 22 heavy (non-hydrogen) atoms. The second kappa shape index (κ2) is 6.51. The molecule has 132 valence electrons. The minimum Gasteiger partial charge on any atom is -0.481 e. The van der Waals surface area contributed by atoms with Crippen molar-refractivity contribution in [3.05, 3.63) is 0 Å². The normalized spacial score (nSPS) is 15.8. The molecule has 0 aliphatic carbocycles. The Morgan fingerprint density at radius 2 is 1.27 bits per heavy atom. The zero-order valence-corrected chi connectivity index (χ0v) is 13.2. The lowest BCUT2D eigenvalue weighted by atomic mass is 10.2. The number of carboxylic acids is 1. The van der Waals surface area contributed by atoms with E-state index >= 15 is 0 Å². The number of sulfone groups is 2. The number of alkyl halides is 7. The summed E-state index contributed by atoms with van der Waals surface area (Å²) in [5, 5.41) is 8.35. The fraction of sp³-hybridized carbons (Fsp3) is 0.857. The predicted octanol–water partition coefficient (Wildman–Crippen LogP) is 1.81. The van der Waals surface area contributed by atoms with E-state index in [1.807, 2.05) is 0 Å². The first-order valence-corrected chi connectivity index (χ1v) is 8.91. The van der Waals surface area contributed by atoms with Crippen molar-refractivity contribution < 1.29 is 53.1 Å². The van der Waals surface area contributed by atoms with E-state index in [2.05, 4.69) is 15.9 Å². The van der Waals surface area contributed by atoms with Gasteiger partial charge >= 0.3 is 17.0 Å². The van der Waals surface area contributed by atoms with Gasteiger partial charge in [0.15, 0.2) is 4.58 Å². The third-order valence-corrected chi connectivity index (χ3v) is 7.46. The van der Waals surface area contributed by atoms with Crippen LogP contribution in [-0.4, -0.2) is 48.3 Å². The van der Waals surface area contributed by atoms with Crippen LogP contribution in [0.15, 0.2) is 0 Å². The minimum absolute atomic E-state index is 1.09. The van der Waals surface area contributed by atoms with E-state index in [-0.39, 0.29) is 0 Å². The van der Waals surface area contributed by atoms with Crippen LogP contribution in [0.3, 0.4) is 0 Å². The monoisotopic (exact) mass is 444 g/mol. The van der Waals surface area contributed by atoms with Gasteiger partial charge in [0.25, 0.3) is 19.7 Å². The molecule has 1 atom stereocenters. The van der Waals surface area contributed by atoms with E-state index < -0.39 is 58.9 Å². The molecule has 0 fully saturated rings. The topological polar surface area (TPSA) is 106 Å². The van der Waals surface area contributed by atoms with Gasteiger partial charge in [-0.3, -0.25) is 4.79 Å². The number of hydrogen-bond donors (Lipinski definition) is 1. The standard InChI is InChI=1S/C7H7BrF6O6S2/c8-3(1-4(15)16)2-5(21(17,18)6(9,10)11)22(19,20)7(12,13)14/h3,5H,1-2H2,(H,15,16). The minimum atomic E-state index is -6.74. The van der Waals surface area contributed by atoms with Crippen molar-refractivity contribution in [3.8, 4) is 0 Å². The Balaban J connectivity index is 6.01. The summed E-state index contributed by atoms with van der Waals surface area (Å²) in [6.45, 7) is 0. The summed E-state index contributed by atoms with van der Waals surface area (Å²) >= 11 is 2.35. The quantitative estimate of drug-likeness (QED) is 0.494. The van der Waals surface area contributed by atoms with Gasteiger partial charge in [-0.25, -0.2) is 16.8 Å². The zero-order valence-electron chi connectivity index (χ0n) is 10.0.